The number of aliphatic hydroxyl groups is 1. The number of nitrogens with one attached hydrogen (secondary N) is 1. The number of amides is 2. The number of fused-ring (bicyclic) bond motifs is 2. The summed E-state index contributed by atoms with van der Waals surface area (Å²) < 4.78 is 11.6. The number of rotatable bonds is 5. The maximum atomic E-state index is 13.4. The summed E-state index contributed by atoms with van der Waals surface area (Å²) in [5.41, 5.74) is 7.61. The van der Waals surface area contributed by atoms with Crippen molar-refractivity contribution in [3.05, 3.63) is 64.7 Å². The van der Waals surface area contributed by atoms with E-state index in [0.29, 0.717) is 29.7 Å². The van der Waals surface area contributed by atoms with Gasteiger partial charge in [0, 0.05) is 24.7 Å². The standard InChI is InChI=1S/C28H34N4O5/c1-5-27(2)14-22(33)32(26(29)31-27)23-19-12-16(10-11-20(19)37-15-21(23)36-4)25(34)30-24-18-9-7-6-8-17(18)13-28(24,3)35/h6-12,21,23-24,35H,5,13-15H2,1-4H3,(H2,29,31)(H,30,34)/t21?,23?,24-,27-,28-/m1/s1. The van der Waals surface area contributed by atoms with Gasteiger partial charge in [0.15, 0.2) is 5.96 Å². The third-order valence-electron chi connectivity index (χ3n) is 7.93. The second-order valence-electron chi connectivity index (χ2n) is 10.7. The third kappa shape index (κ3) is 4.36. The molecule has 0 bridgehead atoms. The number of guanidine groups is 1. The molecule has 0 fully saturated rings. The molecule has 0 radical (unpaired) electrons. The van der Waals surface area contributed by atoms with E-state index in [9.17, 15) is 14.7 Å². The first-order chi connectivity index (χ1) is 17.6. The van der Waals surface area contributed by atoms with Gasteiger partial charge in [-0.05, 0) is 49.6 Å². The Kier molecular flexibility index (Phi) is 6.24. The molecule has 5 atom stereocenters. The molecule has 0 saturated carbocycles. The quantitative estimate of drug-likeness (QED) is 0.572. The number of carbonyl (C=O) groups excluding carboxylic acids is 2. The lowest BCUT2D eigenvalue weighted by Gasteiger charge is -2.43. The maximum Gasteiger partial charge on any atom is 0.251 e. The first kappa shape index (κ1) is 25.2. The van der Waals surface area contributed by atoms with E-state index in [-0.39, 0.29) is 30.8 Å². The molecule has 0 saturated heterocycles. The zero-order chi connectivity index (χ0) is 26.5. The Morgan fingerprint density at radius 2 is 2.00 bits per heavy atom. The summed E-state index contributed by atoms with van der Waals surface area (Å²) >= 11 is 0. The lowest BCUT2D eigenvalue weighted by Crippen LogP contribution is -2.56. The number of carbonyl (C=O) groups is 2. The monoisotopic (exact) mass is 506 g/mol. The normalized spacial score (nSPS) is 30.7. The highest BCUT2D eigenvalue weighted by molar-refractivity contribution is 6.00. The summed E-state index contributed by atoms with van der Waals surface area (Å²) in [7, 11) is 1.56. The van der Waals surface area contributed by atoms with Gasteiger partial charge in [0.2, 0.25) is 5.91 Å². The average Bonchev–Trinajstić information content (AvgIpc) is 3.12. The van der Waals surface area contributed by atoms with E-state index in [0.717, 1.165) is 11.1 Å². The summed E-state index contributed by atoms with van der Waals surface area (Å²) in [4.78, 5) is 32.9. The van der Waals surface area contributed by atoms with Crippen LogP contribution in [0.5, 0.6) is 5.75 Å². The number of hydrogen-bond acceptors (Lipinski definition) is 7. The van der Waals surface area contributed by atoms with Gasteiger partial charge in [-0.2, -0.15) is 0 Å². The Balaban J connectivity index is 1.49. The van der Waals surface area contributed by atoms with Gasteiger partial charge in [-0.15, -0.1) is 0 Å². The minimum absolute atomic E-state index is 0.133. The van der Waals surface area contributed by atoms with Crippen molar-refractivity contribution >= 4 is 17.8 Å². The van der Waals surface area contributed by atoms with E-state index in [1.807, 2.05) is 38.1 Å². The highest BCUT2D eigenvalue weighted by Crippen LogP contribution is 2.42. The van der Waals surface area contributed by atoms with Crippen molar-refractivity contribution in [2.75, 3.05) is 13.7 Å². The number of nitrogens with two attached hydrogens (primary N) is 1. The van der Waals surface area contributed by atoms with Crippen LogP contribution >= 0.6 is 0 Å². The maximum absolute atomic E-state index is 13.4. The summed E-state index contributed by atoms with van der Waals surface area (Å²) in [6.07, 6.45) is 0.862. The zero-order valence-corrected chi connectivity index (χ0v) is 21.7. The van der Waals surface area contributed by atoms with Crippen molar-refractivity contribution in [3.63, 3.8) is 0 Å². The Bertz CT molecular complexity index is 1270. The number of ether oxygens (including phenoxy) is 2. The minimum atomic E-state index is -1.11. The van der Waals surface area contributed by atoms with Crippen LogP contribution in [0, 0.1) is 0 Å². The smallest absolute Gasteiger partial charge is 0.251 e. The van der Waals surface area contributed by atoms with Gasteiger partial charge in [-0.1, -0.05) is 31.2 Å². The number of hydrogen-bond donors (Lipinski definition) is 3. The van der Waals surface area contributed by atoms with E-state index in [2.05, 4.69) is 10.3 Å². The molecule has 37 heavy (non-hydrogen) atoms. The predicted molar refractivity (Wildman–Crippen MR) is 138 cm³/mol. The molecule has 2 heterocycles. The molecule has 2 aliphatic heterocycles. The van der Waals surface area contributed by atoms with Crippen LogP contribution < -0.4 is 15.8 Å². The first-order valence-electron chi connectivity index (χ1n) is 12.6. The van der Waals surface area contributed by atoms with Crippen LogP contribution in [0.4, 0.5) is 0 Å². The molecule has 4 N–H and O–H groups in total. The highest BCUT2D eigenvalue weighted by atomic mass is 16.5. The van der Waals surface area contributed by atoms with Gasteiger partial charge < -0.3 is 25.6 Å². The number of benzene rings is 2. The number of methoxy groups -OCH3 is 1. The van der Waals surface area contributed by atoms with E-state index in [1.54, 1.807) is 32.2 Å². The zero-order valence-electron chi connectivity index (χ0n) is 21.7. The molecule has 9 heteroatoms. The van der Waals surface area contributed by atoms with Crippen LogP contribution in [0.2, 0.25) is 0 Å². The van der Waals surface area contributed by atoms with Crippen molar-refractivity contribution in [3.8, 4) is 5.75 Å². The van der Waals surface area contributed by atoms with E-state index in [1.165, 1.54) is 4.90 Å². The average molecular weight is 507 g/mol. The summed E-state index contributed by atoms with van der Waals surface area (Å²) in [6.45, 7) is 5.85. The molecule has 196 valence electrons. The second kappa shape index (κ2) is 9.15. The topological polar surface area (TPSA) is 126 Å². The summed E-state index contributed by atoms with van der Waals surface area (Å²) in [5, 5.41) is 14.1. The van der Waals surface area contributed by atoms with Crippen molar-refractivity contribution in [2.24, 2.45) is 10.7 Å². The molecular formula is C28H34N4O5. The van der Waals surface area contributed by atoms with E-state index >= 15 is 0 Å². The van der Waals surface area contributed by atoms with Gasteiger partial charge in [-0.25, -0.2) is 4.99 Å². The molecule has 9 nitrogen and oxygen atoms in total. The molecule has 2 aromatic carbocycles. The van der Waals surface area contributed by atoms with E-state index in [4.69, 9.17) is 15.2 Å². The fraction of sp³-hybridized carbons (Fsp3) is 0.464. The second-order valence-corrected chi connectivity index (χ2v) is 10.7. The van der Waals surface area contributed by atoms with Crippen molar-refractivity contribution in [2.45, 2.75) is 69.4 Å². The highest BCUT2D eigenvalue weighted by Gasteiger charge is 2.45. The van der Waals surface area contributed by atoms with Gasteiger partial charge in [0.1, 0.15) is 18.5 Å². The molecule has 5 rings (SSSR count). The molecule has 3 aliphatic rings. The fourth-order valence-corrected chi connectivity index (χ4v) is 5.68. The molecule has 1 aliphatic carbocycles. The third-order valence-corrected chi connectivity index (χ3v) is 7.93. The van der Waals surface area contributed by atoms with Crippen molar-refractivity contribution in [1.82, 2.24) is 10.2 Å². The number of aliphatic imine (C=N–C) groups is 1. The molecular weight excluding hydrogens is 472 g/mol. The van der Waals surface area contributed by atoms with Gasteiger partial charge >= 0.3 is 0 Å². The molecule has 2 amide bonds. The van der Waals surface area contributed by atoms with Gasteiger partial charge in [-0.3, -0.25) is 14.5 Å². The lowest BCUT2D eigenvalue weighted by atomic mass is 9.89. The minimum Gasteiger partial charge on any atom is -0.490 e. The SMILES string of the molecule is CC[C@]1(C)CC(=O)N(C2c3cc(C(=O)N[C@@H]4c5ccccc5C[C@@]4(C)O)ccc3OCC2OC)C(N)=N1. The van der Waals surface area contributed by atoms with E-state index < -0.39 is 29.3 Å². The summed E-state index contributed by atoms with van der Waals surface area (Å²) in [6, 6.07) is 11.7. The summed E-state index contributed by atoms with van der Waals surface area (Å²) in [5.74, 6) is 0.199. The van der Waals surface area contributed by atoms with Crippen LogP contribution in [-0.4, -0.2) is 58.7 Å². The molecule has 0 spiro atoms. The Hall–Kier alpha value is -3.43. The lowest BCUT2D eigenvalue weighted by molar-refractivity contribution is -0.135. The van der Waals surface area contributed by atoms with Crippen LogP contribution in [0.1, 0.15) is 72.7 Å². The number of nitrogens with zero attached hydrogens (tertiary/aromatic N) is 2. The van der Waals surface area contributed by atoms with Crippen LogP contribution in [0.3, 0.4) is 0 Å². The Labute approximate surface area is 216 Å². The predicted octanol–water partition coefficient (Wildman–Crippen LogP) is 2.63. The van der Waals surface area contributed by atoms with Crippen LogP contribution in [0.25, 0.3) is 0 Å². The fourth-order valence-electron chi connectivity index (χ4n) is 5.68. The van der Waals surface area contributed by atoms with Crippen molar-refractivity contribution < 1.29 is 24.2 Å². The molecule has 2 unspecified atom stereocenters. The van der Waals surface area contributed by atoms with Gasteiger partial charge in [0.05, 0.1) is 29.6 Å². The Morgan fingerprint density at radius 3 is 2.70 bits per heavy atom. The Morgan fingerprint density at radius 1 is 1.24 bits per heavy atom. The molecule has 0 aromatic heterocycles. The van der Waals surface area contributed by atoms with Crippen LogP contribution in [-0.2, 0) is 16.0 Å². The van der Waals surface area contributed by atoms with Crippen molar-refractivity contribution in [1.29, 1.82) is 0 Å². The van der Waals surface area contributed by atoms with Crippen LogP contribution in [0.15, 0.2) is 47.5 Å². The molecule has 2 aromatic rings. The van der Waals surface area contributed by atoms with Gasteiger partial charge in [0.25, 0.3) is 5.91 Å². The first-order valence-corrected chi connectivity index (χ1v) is 12.6. The largest absolute Gasteiger partial charge is 0.490 e.